The molecule has 8 nitrogen and oxygen atoms in total. The van der Waals surface area contributed by atoms with Crippen molar-refractivity contribution in [2.24, 2.45) is 0 Å². The molecule has 174 valence electrons. The summed E-state index contributed by atoms with van der Waals surface area (Å²) >= 11 is 18.4. The van der Waals surface area contributed by atoms with E-state index in [-0.39, 0.29) is 21.1 Å². The van der Waals surface area contributed by atoms with Gasteiger partial charge in [0.15, 0.2) is 0 Å². The predicted octanol–water partition coefficient (Wildman–Crippen LogP) is 6.26. The van der Waals surface area contributed by atoms with Gasteiger partial charge in [0.25, 0.3) is 0 Å². The Balaban J connectivity index is 1.98. The molecular formula is C22H22Cl3N5O3. The molecule has 1 heterocycles. The van der Waals surface area contributed by atoms with Crippen LogP contribution in [0.5, 0.6) is 5.75 Å². The Labute approximate surface area is 206 Å². The molecule has 0 aliphatic heterocycles. The van der Waals surface area contributed by atoms with Crippen molar-refractivity contribution in [3.8, 4) is 5.75 Å². The minimum absolute atomic E-state index is 0.0384. The van der Waals surface area contributed by atoms with E-state index in [4.69, 9.17) is 44.3 Å². The molecule has 11 heteroatoms. The minimum atomic E-state index is -0.518. The van der Waals surface area contributed by atoms with Gasteiger partial charge < -0.3 is 20.1 Å². The monoisotopic (exact) mass is 509 g/mol. The quantitative estimate of drug-likeness (QED) is 0.348. The number of halogens is 3. The number of anilines is 4. The topological polar surface area (TPSA) is 88.6 Å². The zero-order valence-corrected chi connectivity index (χ0v) is 20.4. The van der Waals surface area contributed by atoms with Crippen LogP contribution in [0.25, 0.3) is 0 Å². The van der Waals surface area contributed by atoms with Crippen molar-refractivity contribution in [2.45, 2.75) is 13.0 Å². The van der Waals surface area contributed by atoms with Gasteiger partial charge in [-0.05, 0) is 43.3 Å². The lowest BCUT2D eigenvalue weighted by Crippen LogP contribution is -2.32. The number of nitrogens with zero attached hydrogens (tertiary/aromatic N) is 3. The Morgan fingerprint density at radius 2 is 1.76 bits per heavy atom. The van der Waals surface area contributed by atoms with E-state index in [0.717, 1.165) is 0 Å². The molecule has 1 atom stereocenters. The van der Waals surface area contributed by atoms with E-state index < -0.39 is 6.03 Å². The fraction of sp³-hybridized carbons (Fsp3) is 0.227. The highest BCUT2D eigenvalue weighted by molar-refractivity contribution is 6.44. The summed E-state index contributed by atoms with van der Waals surface area (Å²) in [6.45, 7) is 2.39. The van der Waals surface area contributed by atoms with Crippen LogP contribution in [0.15, 0.2) is 48.7 Å². The van der Waals surface area contributed by atoms with Crippen molar-refractivity contribution in [2.75, 3.05) is 36.4 Å². The molecule has 1 unspecified atom stereocenters. The molecule has 3 rings (SSSR count). The van der Waals surface area contributed by atoms with Gasteiger partial charge >= 0.3 is 6.03 Å². The Kier molecular flexibility index (Phi) is 8.57. The maximum Gasteiger partial charge on any atom is 0.332 e. The SMILES string of the molecule is COCC(C)Nc1nccc(N(C(=O)Nc2cc(Cl)c(Cl)cc2Cl)c2ccc(OC)cc2)n1. The van der Waals surface area contributed by atoms with E-state index in [1.165, 1.54) is 17.0 Å². The zero-order valence-electron chi connectivity index (χ0n) is 18.1. The minimum Gasteiger partial charge on any atom is -0.497 e. The van der Waals surface area contributed by atoms with Crippen molar-refractivity contribution in [3.05, 3.63) is 63.7 Å². The average molecular weight is 511 g/mol. The van der Waals surface area contributed by atoms with Gasteiger partial charge in [-0.1, -0.05) is 34.8 Å². The summed E-state index contributed by atoms with van der Waals surface area (Å²) in [6, 6.07) is 10.9. The second-order valence-corrected chi connectivity index (χ2v) is 8.17. The van der Waals surface area contributed by atoms with Crippen LogP contribution in [0.4, 0.5) is 27.9 Å². The van der Waals surface area contributed by atoms with Gasteiger partial charge in [-0.2, -0.15) is 4.98 Å². The summed E-state index contributed by atoms with van der Waals surface area (Å²) in [5, 5.41) is 6.68. The molecule has 0 aliphatic carbocycles. The molecule has 0 spiro atoms. The Hall–Kier alpha value is -2.78. The first-order valence-electron chi connectivity index (χ1n) is 9.80. The second-order valence-electron chi connectivity index (χ2n) is 6.95. The van der Waals surface area contributed by atoms with Crippen molar-refractivity contribution in [1.82, 2.24) is 9.97 Å². The molecule has 0 radical (unpaired) electrons. The van der Waals surface area contributed by atoms with Gasteiger partial charge in [0.1, 0.15) is 11.6 Å². The number of benzene rings is 2. The third-order valence-corrected chi connectivity index (χ3v) is 5.48. The van der Waals surface area contributed by atoms with Gasteiger partial charge in [0, 0.05) is 25.4 Å². The van der Waals surface area contributed by atoms with Crippen LogP contribution in [0.3, 0.4) is 0 Å². The number of ether oxygens (including phenoxy) is 2. The van der Waals surface area contributed by atoms with E-state index in [2.05, 4.69) is 20.6 Å². The van der Waals surface area contributed by atoms with Crippen molar-refractivity contribution >= 4 is 64.0 Å². The zero-order chi connectivity index (χ0) is 24.0. The van der Waals surface area contributed by atoms with Gasteiger partial charge in [-0.3, -0.25) is 0 Å². The largest absolute Gasteiger partial charge is 0.497 e. The molecule has 2 aromatic carbocycles. The normalized spacial score (nSPS) is 11.6. The number of amides is 2. The second kappa shape index (κ2) is 11.4. The van der Waals surface area contributed by atoms with Crippen LogP contribution in [0.2, 0.25) is 15.1 Å². The van der Waals surface area contributed by atoms with Crippen LogP contribution in [-0.4, -0.2) is 42.9 Å². The van der Waals surface area contributed by atoms with Crippen LogP contribution < -0.4 is 20.3 Å². The number of carbonyl (C=O) groups excluding carboxylic acids is 1. The van der Waals surface area contributed by atoms with E-state index >= 15 is 0 Å². The molecule has 0 fully saturated rings. The third kappa shape index (κ3) is 6.39. The van der Waals surface area contributed by atoms with Gasteiger partial charge in [-0.25, -0.2) is 14.7 Å². The fourth-order valence-corrected chi connectivity index (χ4v) is 3.52. The number of carbonyl (C=O) groups is 1. The molecule has 0 aliphatic rings. The van der Waals surface area contributed by atoms with Crippen LogP contribution in [0, 0.1) is 0 Å². The lowest BCUT2D eigenvalue weighted by molar-refractivity contribution is 0.190. The summed E-state index contributed by atoms with van der Waals surface area (Å²) in [4.78, 5) is 23.5. The van der Waals surface area contributed by atoms with Crippen molar-refractivity contribution in [3.63, 3.8) is 0 Å². The van der Waals surface area contributed by atoms with E-state index in [9.17, 15) is 4.79 Å². The molecule has 1 aromatic heterocycles. The molecule has 2 amide bonds. The smallest absolute Gasteiger partial charge is 0.332 e. The number of rotatable bonds is 8. The summed E-state index contributed by atoms with van der Waals surface area (Å²) in [5.41, 5.74) is 0.842. The standard InChI is InChI=1S/C22H22Cl3N5O3/c1-13(12-32-2)27-21-26-9-8-20(29-21)30(14-4-6-15(33-3)7-5-14)22(31)28-19-11-17(24)16(23)10-18(19)25/h4-11,13H,12H2,1-3H3,(H,28,31)(H,26,27,29). The Morgan fingerprint density at radius 1 is 1.06 bits per heavy atom. The third-order valence-electron chi connectivity index (χ3n) is 4.45. The highest BCUT2D eigenvalue weighted by atomic mass is 35.5. The number of methoxy groups -OCH3 is 2. The van der Waals surface area contributed by atoms with Crippen LogP contribution >= 0.6 is 34.8 Å². The Morgan fingerprint density at radius 3 is 2.42 bits per heavy atom. The Bertz CT molecular complexity index is 1110. The first-order chi connectivity index (χ1) is 15.8. The molecule has 3 aromatic rings. The van der Waals surface area contributed by atoms with E-state index in [0.29, 0.717) is 35.5 Å². The van der Waals surface area contributed by atoms with Gasteiger partial charge in [-0.15, -0.1) is 0 Å². The fourth-order valence-electron chi connectivity index (χ4n) is 2.93. The highest BCUT2D eigenvalue weighted by Gasteiger charge is 2.22. The molecule has 33 heavy (non-hydrogen) atoms. The lowest BCUT2D eigenvalue weighted by Gasteiger charge is -2.23. The first kappa shape index (κ1) is 24.9. The lowest BCUT2D eigenvalue weighted by atomic mass is 10.2. The summed E-state index contributed by atoms with van der Waals surface area (Å²) in [5.74, 6) is 1.32. The highest BCUT2D eigenvalue weighted by Crippen LogP contribution is 2.34. The maximum atomic E-state index is 13.4. The maximum absolute atomic E-state index is 13.4. The predicted molar refractivity (Wildman–Crippen MR) is 133 cm³/mol. The van der Waals surface area contributed by atoms with Gasteiger partial charge in [0.2, 0.25) is 5.95 Å². The summed E-state index contributed by atoms with van der Waals surface area (Å²) < 4.78 is 10.4. The first-order valence-corrected chi connectivity index (χ1v) is 10.9. The number of nitrogens with one attached hydrogen (secondary N) is 2. The van der Waals surface area contributed by atoms with E-state index in [1.54, 1.807) is 50.7 Å². The van der Waals surface area contributed by atoms with E-state index in [1.807, 2.05) is 6.92 Å². The van der Waals surface area contributed by atoms with Crippen LogP contribution in [0.1, 0.15) is 6.92 Å². The number of aromatic nitrogens is 2. The van der Waals surface area contributed by atoms with Crippen LogP contribution in [-0.2, 0) is 4.74 Å². The number of hydrogen-bond donors (Lipinski definition) is 2. The summed E-state index contributed by atoms with van der Waals surface area (Å²) in [6.07, 6.45) is 1.56. The van der Waals surface area contributed by atoms with Crippen molar-refractivity contribution in [1.29, 1.82) is 0 Å². The number of urea groups is 1. The molecular weight excluding hydrogens is 489 g/mol. The molecule has 0 saturated carbocycles. The number of hydrogen-bond acceptors (Lipinski definition) is 6. The summed E-state index contributed by atoms with van der Waals surface area (Å²) in [7, 11) is 3.18. The molecule has 0 bridgehead atoms. The average Bonchev–Trinajstić information content (AvgIpc) is 2.78. The molecule has 0 saturated heterocycles. The van der Waals surface area contributed by atoms with Crippen molar-refractivity contribution < 1.29 is 14.3 Å². The van der Waals surface area contributed by atoms with Gasteiger partial charge in [0.05, 0.1) is 40.2 Å². The molecule has 2 N–H and O–H groups in total.